The number of rotatable bonds is 1. The average molecular weight is 350 g/mol. The number of esters is 3. The molecule has 134 valence electrons. The molecule has 5 rings (SSSR count). The summed E-state index contributed by atoms with van der Waals surface area (Å²) in [7, 11) is 0. The molecular weight excluding hydrogens is 332 g/mol. The molecule has 7 atom stereocenters. The molecule has 1 aliphatic carbocycles. The van der Waals surface area contributed by atoms with Gasteiger partial charge in [0.15, 0.2) is 23.9 Å². The first-order valence-electron chi connectivity index (χ1n) is 8.43. The Bertz CT molecular complexity index is 756. The predicted molar refractivity (Wildman–Crippen MR) is 78.1 cm³/mol. The first-order valence-corrected chi connectivity index (χ1v) is 8.43. The lowest BCUT2D eigenvalue weighted by molar-refractivity contribution is -0.165. The summed E-state index contributed by atoms with van der Waals surface area (Å²) in [5.41, 5.74) is -0.818. The fraction of sp³-hybridized carbons (Fsp3) is 0.706. The standard InChI is InChI=1S/C17H18O8/c1-6-9-10(22-14(6)19)12(21-7(2)18)16(3)8(24-16)4-5-17-13(25-17)11(9)23-15(17)20/h8,10-13H,4-5H2,1-3H3/t8-,10-,11+,12-,13+,16+,17+/m0/s1. The van der Waals surface area contributed by atoms with E-state index >= 15 is 0 Å². The minimum atomic E-state index is -0.935. The number of hydrogen-bond donors (Lipinski definition) is 0. The van der Waals surface area contributed by atoms with Gasteiger partial charge >= 0.3 is 17.9 Å². The largest absolute Gasteiger partial charge is 0.455 e. The molecule has 8 heteroatoms. The van der Waals surface area contributed by atoms with Crippen molar-refractivity contribution in [1.82, 2.24) is 0 Å². The van der Waals surface area contributed by atoms with Gasteiger partial charge in [-0.2, -0.15) is 0 Å². The highest BCUT2D eigenvalue weighted by atomic mass is 16.7. The minimum Gasteiger partial charge on any atom is -0.455 e. The molecule has 0 aromatic carbocycles. The highest BCUT2D eigenvalue weighted by Crippen LogP contribution is 2.58. The van der Waals surface area contributed by atoms with Crippen LogP contribution < -0.4 is 0 Å². The van der Waals surface area contributed by atoms with E-state index in [-0.39, 0.29) is 6.10 Å². The summed E-state index contributed by atoms with van der Waals surface area (Å²) >= 11 is 0. The quantitative estimate of drug-likeness (QED) is 0.375. The normalized spacial score (nSPS) is 49.5. The van der Waals surface area contributed by atoms with Crippen LogP contribution in [0.3, 0.4) is 0 Å². The molecule has 0 unspecified atom stereocenters. The van der Waals surface area contributed by atoms with Gasteiger partial charge in [-0.3, -0.25) is 4.79 Å². The zero-order valence-electron chi connectivity index (χ0n) is 14.1. The molecule has 25 heavy (non-hydrogen) atoms. The fourth-order valence-electron chi connectivity index (χ4n) is 4.54. The second-order valence-electron chi connectivity index (χ2n) is 7.52. The lowest BCUT2D eigenvalue weighted by Gasteiger charge is -2.29. The summed E-state index contributed by atoms with van der Waals surface area (Å²) in [4.78, 5) is 36.2. The summed E-state index contributed by atoms with van der Waals surface area (Å²) in [5, 5.41) is 0. The molecule has 0 amide bonds. The third kappa shape index (κ3) is 1.81. The number of fused-ring (bicyclic) bond motifs is 3. The smallest absolute Gasteiger partial charge is 0.342 e. The number of ether oxygens (including phenoxy) is 5. The second kappa shape index (κ2) is 4.42. The number of carbonyl (C=O) groups is 3. The van der Waals surface area contributed by atoms with Crippen LogP contribution in [0.15, 0.2) is 11.1 Å². The van der Waals surface area contributed by atoms with Gasteiger partial charge in [-0.1, -0.05) is 0 Å². The number of epoxide rings is 2. The van der Waals surface area contributed by atoms with E-state index in [1.807, 2.05) is 6.92 Å². The van der Waals surface area contributed by atoms with Crippen molar-refractivity contribution >= 4 is 17.9 Å². The lowest BCUT2D eigenvalue weighted by Crippen LogP contribution is -2.47. The monoisotopic (exact) mass is 350 g/mol. The van der Waals surface area contributed by atoms with Crippen LogP contribution in [-0.4, -0.2) is 59.6 Å². The second-order valence-corrected chi connectivity index (χ2v) is 7.52. The van der Waals surface area contributed by atoms with Crippen molar-refractivity contribution < 1.29 is 38.1 Å². The van der Waals surface area contributed by atoms with Gasteiger partial charge in [0.1, 0.15) is 11.7 Å². The molecule has 5 aliphatic rings. The van der Waals surface area contributed by atoms with Crippen LogP contribution in [-0.2, 0) is 38.1 Å². The lowest BCUT2D eigenvalue weighted by atomic mass is 9.83. The molecule has 4 aliphatic heterocycles. The molecule has 1 saturated carbocycles. The third-order valence-electron chi connectivity index (χ3n) is 6.07. The van der Waals surface area contributed by atoms with E-state index in [1.165, 1.54) is 6.92 Å². The molecule has 4 heterocycles. The Balaban J connectivity index is 1.62. The van der Waals surface area contributed by atoms with Gasteiger partial charge in [-0.15, -0.1) is 0 Å². The van der Waals surface area contributed by atoms with Crippen molar-refractivity contribution in [3.05, 3.63) is 11.1 Å². The summed E-state index contributed by atoms with van der Waals surface area (Å²) < 4.78 is 28.1. The Morgan fingerprint density at radius 3 is 2.64 bits per heavy atom. The Morgan fingerprint density at radius 2 is 1.96 bits per heavy atom. The maximum absolute atomic E-state index is 12.4. The van der Waals surface area contributed by atoms with Gasteiger partial charge in [-0.05, 0) is 26.7 Å². The van der Waals surface area contributed by atoms with E-state index in [0.29, 0.717) is 24.0 Å². The van der Waals surface area contributed by atoms with E-state index in [4.69, 9.17) is 23.7 Å². The first kappa shape index (κ1) is 15.3. The molecule has 0 aromatic heterocycles. The molecule has 0 spiro atoms. The average Bonchev–Trinajstić information content (AvgIpc) is 3.37. The third-order valence-corrected chi connectivity index (χ3v) is 6.07. The van der Waals surface area contributed by atoms with Gasteiger partial charge in [0.05, 0.1) is 6.10 Å². The van der Waals surface area contributed by atoms with Crippen molar-refractivity contribution in [2.45, 2.75) is 75.3 Å². The summed E-state index contributed by atoms with van der Waals surface area (Å²) in [6.07, 6.45) is -1.91. The maximum Gasteiger partial charge on any atom is 0.342 e. The van der Waals surface area contributed by atoms with Crippen molar-refractivity contribution in [1.29, 1.82) is 0 Å². The zero-order valence-corrected chi connectivity index (χ0v) is 14.1. The Hall–Kier alpha value is -1.93. The van der Waals surface area contributed by atoms with Crippen LogP contribution in [0, 0.1) is 0 Å². The van der Waals surface area contributed by atoms with E-state index < -0.39 is 53.5 Å². The summed E-state index contributed by atoms with van der Waals surface area (Å²) in [6, 6.07) is 0. The minimum absolute atomic E-state index is 0.207. The molecule has 3 saturated heterocycles. The van der Waals surface area contributed by atoms with Crippen molar-refractivity contribution in [3.8, 4) is 0 Å². The Labute approximate surface area is 143 Å². The molecule has 0 N–H and O–H groups in total. The first-order chi connectivity index (χ1) is 11.8. The van der Waals surface area contributed by atoms with E-state index in [1.54, 1.807) is 6.92 Å². The van der Waals surface area contributed by atoms with Crippen LogP contribution >= 0.6 is 0 Å². The van der Waals surface area contributed by atoms with E-state index in [9.17, 15) is 14.4 Å². The maximum atomic E-state index is 12.4. The van der Waals surface area contributed by atoms with Crippen LogP contribution in [0.1, 0.15) is 33.6 Å². The Kier molecular flexibility index (Phi) is 2.71. The van der Waals surface area contributed by atoms with Gasteiger partial charge in [-0.25, -0.2) is 9.59 Å². The molecular formula is C17H18O8. The van der Waals surface area contributed by atoms with Crippen LogP contribution in [0.5, 0.6) is 0 Å². The van der Waals surface area contributed by atoms with Gasteiger partial charge in [0.25, 0.3) is 0 Å². The predicted octanol–water partition coefficient (Wildman–Crippen LogP) is 0.174. The number of carbonyl (C=O) groups excluding carboxylic acids is 3. The van der Waals surface area contributed by atoms with Gasteiger partial charge < -0.3 is 23.7 Å². The molecule has 0 aromatic rings. The summed E-state index contributed by atoms with van der Waals surface area (Å²) in [6.45, 7) is 4.76. The zero-order chi connectivity index (χ0) is 17.7. The molecule has 0 radical (unpaired) electrons. The number of hydrogen-bond acceptors (Lipinski definition) is 8. The van der Waals surface area contributed by atoms with Crippen LogP contribution in [0.2, 0.25) is 0 Å². The SMILES string of the molecule is CC(=O)O[C@H]1[C@H]2OC(=O)C(C)=C2[C@H]2OC(=O)[C@]3(CC[C@@H]4O[C@]41C)O[C@H]23. The fourth-order valence-corrected chi connectivity index (χ4v) is 4.54. The Morgan fingerprint density at radius 1 is 1.20 bits per heavy atom. The van der Waals surface area contributed by atoms with Crippen molar-refractivity contribution in [2.75, 3.05) is 0 Å². The van der Waals surface area contributed by atoms with Gasteiger partial charge in [0.2, 0.25) is 0 Å². The summed E-state index contributed by atoms with van der Waals surface area (Å²) in [5.74, 6) is -1.40. The van der Waals surface area contributed by atoms with Gasteiger partial charge in [0, 0.05) is 18.1 Å². The topological polar surface area (TPSA) is 104 Å². The van der Waals surface area contributed by atoms with E-state index in [0.717, 1.165) is 0 Å². The van der Waals surface area contributed by atoms with Crippen molar-refractivity contribution in [2.24, 2.45) is 0 Å². The highest BCUT2D eigenvalue weighted by Gasteiger charge is 2.77. The van der Waals surface area contributed by atoms with Crippen LogP contribution in [0.4, 0.5) is 0 Å². The van der Waals surface area contributed by atoms with Crippen LogP contribution in [0.25, 0.3) is 0 Å². The van der Waals surface area contributed by atoms with Crippen molar-refractivity contribution in [3.63, 3.8) is 0 Å². The highest BCUT2D eigenvalue weighted by molar-refractivity contribution is 5.94. The molecule has 4 fully saturated rings. The molecule has 2 bridgehead atoms. The van der Waals surface area contributed by atoms with E-state index in [2.05, 4.69) is 0 Å². The molecule has 8 nitrogen and oxygen atoms in total.